The van der Waals surface area contributed by atoms with Crippen molar-refractivity contribution < 1.29 is 13.9 Å². The van der Waals surface area contributed by atoms with E-state index in [1.807, 2.05) is 0 Å². The van der Waals surface area contributed by atoms with Gasteiger partial charge >= 0.3 is 5.97 Å². The van der Waals surface area contributed by atoms with Crippen molar-refractivity contribution in [3.8, 4) is 0 Å². The molecule has 0 unspecified atom stereocenters. The summed E-state index contributed by atoms with van der Waals surface area (Å²) in [5.41, 5.74) is 0.805. The average molecular weight is 211 g/mol. The van der Waals surface area contributed by atoms with Gasteiger partial charge in [0, 0.05) is 12.6 Å². The van der Waals surface area contributed by atoms with Crippen molar-refractivity contribution in [3.63, 3.8) is 0 Å². The molecule has 1 rings (SSSR count). The number of aromatic nitrogens is 1. The molecule has 0 spiro atoms. The molecule has 4 heteroatoms. The van der Waals surface area contributed by atoms with Gasteiger partial charge in [0.25, 0.3) is 0 Å². The third-order valence-corrected chi connectivity index (χ3v) is 1.91. The minimum atomic E-state index is -0.344. The number of ether oxygens (including phenoxy) is 1. The molecule has 0 aliphatic heterocycles. The summed E-state index contributed by atoms with van der Waals surface area (Å²) in [7, 11) is 0. The van der Waals surface area contributed by atoms with Gasteiger partial charge in [0.2, 0.25) is 0 Å². The summed E-state index contributed by atoms with van der Waals surface area (Å²) in [4.78, 5) is 14.7. The Morgan fingerprint density at radius 2 is 2.33 bits per heavy atom. The van der Waals surface area contributed by atoms with Crippen LogP contribution in [0.3, 0.4) is 0 Å². The molecule has 1 aromatic rings. The number of rotatable bonds is 5. The number of nitrogens with zero attached hydrogens (tertiary/aromatic N) is 1. The first-order chi connectivity index (χ1) is 7.22. The molecule has 0 radical (unpaired) electrons. The van der Waals surface area contributed by atoms with Crippen molar-refractivity contribution in [3.05, 3.63) is 29.8 Å². The van der Waals surface area contributed by atoms with Gasteiger partial charge in [0.1, 0.15) is 5.82 Å². The highest BCUT2D eigenvalue weighted by atomic mass is 19.1. The van der Waals surface area contributed by atoms with Gasteiger partial charge in [-0.3, -0.25) is 9.78 Å². The highest BCUT2D eigenvalue weighted by molar-refractivity contribution is 5.69. The van der Waals surface area contributed by atoms with E-state index in [4.69, 9.17) is 4.74 Å². The average Bonchev–Trinajstić information content (AvgIpc) is 2.18. The van der Waals surface area contributed by atoms with E-state index in [9.17, 15) is 9.18 Å². The molecule has 0 N–H and O–H groups in total. The van der Waals surface area contributed by atoms with Gasteiger partial charge in [-0.25, -0.2) is 4.39 Å². The van der Waals surface area contributed by atoms with E-state index in [0.717, 1.165) is 11.8 Å². The standard InChI is InChI=1S/C11H14FNO2/c1-2-15-11(14)5-3-4-9-6-10(12)8-13-7-9/h6-8H,2-5H2,1H3. The van der Waals surface area contributed by atoms with Gasteiger partial charge in [0.05, 0.1) is 12.8 Å². The minimum absolute atomic E-state index is 0.207. The van der Waals surface area contributed by atoms with Crippen molar-refractivity contribution >= 4 is 5.97 Å². The zero-order valence-corrected chi connectivity index (χ0v) is 8.70. The van der Waals surface area contributed by atoms with Crippen LogP contribution < -0.4 is 0 Å². The Morgan fingerprint density at radius 3 is 3.00 bits per heavy atom. The fourth-order valence-electron chi connectivity index (χ4n) is 1.26. The molecule has 82 valence electrons. The summed E-state index contributed by atoms with van der Waals surface area (Å²) in [6.07, 6.45) is 4.43. The molecular formula is C11H14FNO2. The van der Waals surface area contributed by atoms with Crippen molar-refractivity contribution in [2.24, 2.45) is 0 Å². The Balaban J connectivity index is 2.28. The molecule has 0 bridgehead atoms. The van der Waals surface area contributed by atoms with E-state index in [0.29, 0.717) is 25.9 Å². The van der Waals surface area contributed by atoms with Crippen molar-refractivity contribution in [1.29, 1.82) is 0 Å². The SMILES string of the molecule is CCOC(=O)CCCc1cncc(F)c1. The molecule has 0 aliphatic carbocycles. The predicted molar refractivity (Wildman–Crippen MR) is 53.8 cm³/mol. The summed E-state index contributed by atoms with van der Waals surface area (Å²) >= 11 is 0. The zero-order chi connectivity index (χ0) is 11.1. The maximum atomic E-state index is 12.7. The van der Waals surface area contributed by atoms with E-state index >= 15 is 0 Å². The van der Waals surface area contributed by atoms with Gasteiger partial charge in [0.15, 0.2) is 0 Å². The first kappa shape index (κ1) is 11.6. The molecular weight excluding hydrogens is 197 g/mol. The zero-order valence-electron chi connectivity index (χ0n) is 8.70. The molecule has 3 nitrogen and oxygen atoms in total. The third kappa shape index (κ3) is 4.54. The highest BCUT2D eigenvalue weighted by Gasteiger charge is 2.02. The van der Waals surface area contributed by atoms with Gasteiger partial charge in [-0.05, 0) is 31.4 Å². The van der Waals surface area contributed by atoms with E-state index in [2.05, 4.69) is 4.98 Å². The van der Waals surface area contributed by atoms with Gasteiger partial charge in [-0.1, -0.05) is 0 Å². The smallest absolute Gasteiger partial charge is 0.305 e. The van der Waals surface area contributed by atoms with Crippen LogP contribution in [0, 0.1) is 5.82 Å². The number of halogens is 1. The van der Waals surface area contributed by atoms with Crippen LogP contribution in [-0.4, -0.2) is 17.6 Å². The predicted octanol–water partition coefficient (Wildman–Crippen LogP) is 2.11. The second-order valence-electron chi connectivity index (χ2n) is 3.17. The van der Waals surface area contributed by atoms with E-state index < -0.39 is 0 Å². The molecule has 1 heterocycles. The second kappa shape index (κ2) is 6.11. The molecule has 0 saturated carbocycles. The fraction of sp³-hybridized carbons (Fsp3) is 0.455. The van der Waals surface area contributed by atoms with Crippen LogP contribution in [0.4, 0.5) is 4.39 Å². The van der Waals surface area contributed by atoms with Gasteiger partial charge in [-0.2, -0.15) is 0 Å². The summed E-state index contributed by atoms with van der Waals surface area (Å²) in [6.45, 7) is 2.18. The fourth-order valence-corrected chi connectivity index (χ4v) is 1.26. The third-order valence-electron chi connectivity index (χ3n) is 1.91. The summed E-state index contributed by atoms with van der Waals surface area (Å²) in [5, 5.41) is 0. The molecule has 0 atom stereocenters. The first-order valence-corrected chi connectivity index (χ1v) is 4.97. The Hall–Kier alpha value is -1.45. The normalized spacial score (nSPS) is 10.0. The van der Waals surface area contributed by atoms with Gasteiger partial charge < -0.3 is 4.74 Å². The topological polar surface area (TPSA) is 39.2 Å². The quantitative estimate of drug-likeness (QED) is 0.700. The lowest BCUT2D eigenvalue weighted by Crippen LogP contribution is -2.04. The Labute approximate surface area is 88.3 Å². The minimum Gasteiger partial charge on any atom is -0.466 e. The number of aryl methyl sites for hydroxylation is 1. The van der Waals surface area contributed by atoms with Crippen LogP contribution in [0.25, 0.3) is 0 Å². The van der Waals surface area contributed by atoms with Crippen LogP contribution in [-0.2, 0) is 16.0 Å². The molecule has 1 aromatic heterocycles. The van der Waals surface area contributed by atoms with E-state index in [-0.39, 0.29) is 11.8 Å². The van der Waals surface area contributed by atoms with Crippen molar-refractivity contribution in [2.75, 3.05) is 6.61 Å². The monoisotopic (exact) mass is 211 g/mol. The van der Waals surface area contributed by atoms with Crippen LogP contribution in [0.1, 0.15) is 25.3 Å². The molecule has 0 aliphatic rings. The Kier molecular flexibility index (Phi) is 4.74. The number of hydrogen-bond donors (Lipinski definition) is 0. The van der Waals surface area contributed by atoms with E-state index in [1.54, 1.807) is 13.1 Å². The number of hydrogen-bond acceptors (Lipinski definition) is 3. The largest absolute Gasteiger partial charge is 0.466 e. The lowest BCUT2D eigenvalue weighted by Gasteiger charge is -2.01. The van der Waals surface area contributed by atoms with Crippen LogP contribution >= 0.6 is 0 Å². The van der Waals surface area contributed by atoms with Gasteiger partial charge in [-0.15, -0.1) is 0 Å². The van der Waals surface area contributed by atoms with Crippen LogP contribution in [0.2, 0.25) is 0 Å². The number of carbonyl (C=O) groups excluding carboxylic acids is 1. The second-order valence-corrected chi connectivity index (χ2v) is 3.17. The molecule has 15 heavy (non-hydrogen) atoms. The van der Waals surface area contributed by atoms with Crippen molar-refractivity contribution in [1.82, 2.24) is 4.98 Å². The molecule has 0 amide bonds. The number of esters is 1. The summed E-state index contributed by atoms with van der Waals surface area (Å²) in [6, 6.07) is 1.43. The Bertz CT molecular complexity index is 328. The van der Waals surface area contributed by atoms with Crippen molar-refractivity contribution in [2.45, 2.75) is 26.2 Å². The molecule has 0 aromatic carbocycles. The summed E-state index contributed by atoms with van der Waals surface area (Å²) < 4.78 is 17.5. The molecule has 0 fully saturated rings. The lowest BCUT2D eigenvalue weighted by molar-refractivity contribution is -0.143. The van der Waals surface area contributed by atoms with Crippen LogP contribution in [0.15, 0.2) is 18.5 Å². The Morgan fingerprint density at radius 1 is 1.53 bits per heavy atom. The highest BCUT2D eigenvalue weighted by Crippen LogP contribution is 2.06. The maximum Gasteiger partial charge on any atom is 0.305 e. The van der Waals surface area contributed by atoms with E-state index in [1.165, 1.54) is 6.07 Å². The van der Waals surface area contributed by atoms with Crippen LogP contribution in [0.5, 0.6) is 0 Å². The summed E-state index contributed by atoms with van der Waals surface area (Å²) in [5.74, 6) is -0.550. The molecule has 0 saturated heterocycles. The maximum absolute atomic E-state index is 12.7. The lowest BCUT2D eigenvalue weighted by atomic mass is 10.1. The number of pyridine rings is 1. The number of carbonyl (C=O) groups is 1. The first-order valence-electron chi connectivity index (χ1n) is 4.97.